The molecular formula is C15H18F3N5O3. The zero-order valence-electron chi connectivity index (χ0n) is 14.8. The van der Waals surface area contributed by atoms with Crippen molar-refractivity contribution in [3.63, 3.8) is 0 Å². The average molecular weight is 374 g/mol. The molecule has 1 unspecified atom stereocenters. The largest absolute Gasteiger partial charge is 0.409 e. The van der Waals surface area contributed by atoms with Crippen LogP contribution >= 0.6 is 0 Å². The third kappa shape index (κ3) is 2.95. The number of amides is 2. The molecule has 142 valence electrons. The molecule has 4 aliphatic rings. The van der Waals surface area contributed by atoms with Crippen LogP contribution in [0.5, 0.6) is 0 Å². The van der Waals surface area contributed by atoms with Gasteiger partial charge in [-0.1, -0.05) is 0 Å². The Kier molecular flexibility index (Phi) is 3.87. The van der Waals surface area contributed by atoms with Gasteiger partial charge in [-0.25, -0.2) is 10.4 Å². The summed E-state index contributed by atoms with van der Waals surface area (Å²) in [6.07, 6.45) is -3.97. The Morgan fingerprint density at radius 1 is 1.23 bits per heavy atom. The van der Waals surface area contributed by atoms with Crippen molar-refractivity contribution in [1.29, 1.82) is 0 Å². The molecular weight excluding hydrogens is 355 g/mol. The smallest absolute Gasteiger partial charge is 0.379 e. The minimum Gasteiger partial charge on any atom is -0.379 e. The molecule has 4 heterocycles. The van der Waals surface area contributed by atoms with Gasteiger partial charge in [0.1, 0.15) is 19.0 Å². The van der Waals surface area contributed by atoms with E-state index in [4.69, 9.17) is 6.15 Å². The molecule has 0 saturated carbocycles. The molecule has 1 saturated heterocycles. The standard InChI is InChI=1S/C15H18F3N5O3/c16-15(17,18)10-7-11-19-12-9(13(24)23(11)20-10)8-22(14(12)25)2-1-21-3-5-26-6-4-21/h7,10,19-20H,1-6,8H2/i/hD. The zero-order chi connectivity index (χ0) is 19.3. The first kappa shape index (κ1) is 16.1. The summed E-state index contributed by atoms with van der Waals surface area (Å²) in [5.41, 5.74) is 0.176. The van der Waals surface area contributed by atoms with Crippen LogP contribution in [-0.2, 0) is 14.3 Å². The average Bonchev–Trinajstić information content (AvgIpc) is 3.13. The number of alkyl halides is 3. The van der Waals surface area contributed by atoms with E-state index in [-0.39, 0.29) is 29.1 Å². The highest BCUT2D eigenvalue weighted by Gasteiger charge is 2.49. The summed E-state index contributed by atoms with van der Waals surface area (Å²) in [6.45, 7) is 3.82. The molecule has 0 aromatic heterocycles. The number of hydrogen-bond donors (Lipinski definition) is 2. The van der Waals surface area contributed by atoms with Gasteiger partial charge in [0, 0.05) is 26.2 Å². The Morgan fingerprint density at radius 3 is 2.65 bits per heavy atom. The lowest BCUT2D eigenvalue weighted by Gasteiger charge is -2.28. The first-order valence-electron chi connectivity index (χ1n) is 8.72. The summed E-state index contributed by atoms with van der Waals surface area (Å²) in [5.74, 6) is -1.41. The van der Waals surface area contributed by atoms with Crippen molar-refractivity contribution < 1.29 is 28.9 Å². The molecule has 8 nitrogen and oxygen atoms in total. The monoisotopic (exact) mass is 374 g/mol. The van der Waals surface area contributed by atoms with E-state index in [0.29, 0.717) is 31.3 Å². The second-order valence-corrected chi connectivity index (χ2v) is 6.43. The third-order valence-corrected chi connectivity index (χ3v) is 4.76. The minimum absolute atomic E-state index is 0.000650. The van der Waals surface area contributed by atoms with Gasteiger partial charge in [-0.2, -0.15) is 13.2 Å². The molecule has 0 spiro atoms. The quantitative estimate of drug-likeness (QED) is 0.670. The Morgan fingerprint density at radius 2 is 1.96 bits per heavy atom. The molecule has 0 aromatic carbocycles. The van der Waals surface area contributed by atoms with Gasteiger partial charge in [-0.3, -0.25) is 14.5 Å². The fraction of sp³-hybridized carbons (Fsp3) is 0.600. The first-order valence-corrected chi connectivity index (χ1v) is 8.28. The van der Waals surface area contributed by atoms with Crippen molar-refractivity contribution >= 4 is 11.8 Å². The fourth-order valence-electron chi connectivity index (χ4n) is 3.31. The van der Waals surface area contributed by atoms with Crippen molar-refractivity contribution in [3.05, 3.63) is 23.2 Å². The molecule has 0 aliphatic carbocycles. The van der Waals surface area contributed by atoms with Gasteiger partial charge in [0.2, 0.25) is 0 Å². The van der Waals surface area contributed by atoms with E-state index in [2.05, 4.69) is 10.2 Å². The molecule has 4 aliphatic heterocycles. The molecule has 0 bridgehead atoms. The van der Waals surface area contributed by atoms with Gasteiger partial charge in [0.05, 0.1) is 25.3 Å². The predicted molar refractivity (Wildman–Crippen MR) is 81.9 cm³/mol. The molecule has 26 heavy (non-hydrogen) atoms. The maximum Gasteiger partial charge on any atom is 0.409 e. The summed E-state index contributed by atoms with van der Waals surface area (Å²) in [4.78, 5) is 28.8. The number of carbonyl (C=O) groups excluding carboxylic acids is 2. The van der Waals surface area contributed by atoms with Crippen LogP contribution in [0.15, 0.2) is 23.2 Å². The number of halogens is 3. The summed E-state index contributed by atoms with van der Waals surface area (Å²) in [7, 11) is 0. The summed E-state index contributed by atoms with van der Waals surface area (Å²) in [5, 5.41) is 3.24. The van der Waals surface area contributed by atoms with Crippen LogP contribution in [0.25, 0.3) is 0 Å². The maximum absolute atomic E-state index is 13.0. The lowest BCUT2D eigenvalue weighted by Crippen LogP contribution is -2.51. The van der Waals surface area contributed by atoms with E-state index < -0.39 is 24.0 Å². The number of hydrogen-bond acceptors (Lipinski definition) is 6. The Bertz CT molecular complexity index is 735. The molecule has 11 heteroatoms. The first-order chi connectivity index (χ1) is 12.8. The summed E-state index contributed by atoms with van der Waals surface area (Å²) < 4.78 is 52.0. The molecule has 1 atom stereocenters. The number of nitrogens with one attached hydrogen (secondary N) is 2. The van der Waals surface area contributed by atoms with E-state index in [1.807, 2.05) is 0 Å². The number of nitrogens with zero attached hydrogens (tertiary/aromatic N) is 3. The number of rotatable bonds is 3. The number of ether oxygens (including phenoxy) is 1. The van der Waals surface area contributed by atoms with Crippen molar-refractivity contribution in [1.82, 2.24) is 25.5 Å². The highest BCUT2D eigenvalue weighted by atomic mass is 19.4. The lowest BCUT2D eigenvalue weighted by atomic mass is 10.2. The predicted octanol–water partition coefficient (Wildman–Crippen LogP) is -0.863. The summed E-state index contributed by atoms with van der Waals surface area (Å²) >= 11 is 0. The SMILES string of the molecule is [2H]N1C(C(F)(F)F)C=C2NC3=C(CN(CCN4CCOCC4)C3=O)C(=O)N21. The highest BCUT2D eigenvalue weighted by molar-refractivity contribution is 6.10. The molecule has 2 N–H and O–H groups in total. The Hall–Kier alpha value is -2.11. The van der Waals surface area contributed by atoms with Crippen LogP contribution in [0.2, 0.25) is 1.41 Å². The Labute approximate surface area is 148 Å². The molecule has 0 aromatic rings. The molecule has 4 rings (SSSR count). The van der Waals surface area contributed by atoms with E-state index in [1.54, 1.807) is 0 Å². The zero-order valence-corrected chi connectivity index (χ0v) is 13.8. The topological polar surface area (TPSA) is 77.1 Å². The molecule has 2 amide bonds. The van der Waals surface area contributed by atoms with Gasteiger partial charge in [0.15, 0.2) is 0 Å². The van der Waals surface area contributed by atoms with E-state index in [9.17, 15) is 22.8 Å². The van der Waals surface area contributed by atoms with E-state index in [1.165, 1.54) is 4.90 Å². The Balaban J connectivity index is 1.46. The molecule has 0 radical (unpaired) electrons. The van der Waals surface area contributed by atoms with Crippen LogP contribution in [0.1, 0.15) is 0 Å². The molecule has 1 fully saturated rings. The van der Waals surface area contributed by atoms with Crippen molar-refractivity contribution in [2.45, 2.75) is 12.2 Å². The second kappa shape index (κ2) is 6.25. The fourth-order valence-corrected chi connectivity index (χ4v) is 3.31. The number of fused-ring (bicyclic) bond motifs is 1. The van der Waals surface area contributed by atoms with Crippen molar-refractivity contribution in [3.8, 4) is 0 Å². The summed E-state index contributed by atoms with van der Waals surface area (Å²) in [6, 6.07) is -2.24. The number of carbonyl (C=O) groups is 2. The normalized spacial score (nSPS) is 28.2. The van der Waals surface area contributed by atoms with Crippen LogP contribution in [-0.4, -0.2) is 84.8 Å². The second-order valence-electron chi connectivity index (χ2n) is 6.43. The number of morpholine rings is 1. The van der Waals surface area contributed by atoms with E-state index >= 15 is 0 Å². The minimum atomic E-state index is -4.70. The van der Waals surface area contributed by atoms with Gasteiger partial charge >= 0.3 is 6.18 Å². The van der Waals surface area contributed by atoms with Crippen molar-refractivity contribution in [2.24, 2.45) is 0 Å². The van der Waals surface area contributed by atoms with Crippen LogP contribution < -0.4 is 10.7 Å². The lowest BCUT2D eigenvalue weighted by molar-refractivity contribution is -0.154. The third-order valence-electron chi connectivity index (χ3n) is 4.76. The highest BCUT2D eigenvalue weighted by Crippen LogP contribution is 2.32. The van der Waals surface area contributed by atoms with E-state index in [0.717, 1.165) is 19.2 Å². The van der Waals surface area contributed by atoms with Crippen LogP contribution in [0, 0.1) is 0 Å². The van der Waals surface area contributed by atoms with Crippen LogP contribution in [0.3, 0.4) is 0 Å². The maximum atomic E-state index is 13.0. The van der Waals surface area contributed by atoms with Gasteiger partial charge in [-0.15, -0.1) is 0 Å². The van der Waals surface area contributed by atoms with Crippen molar-refractivity contribution in [2.75, 3.05) is 45.9 Å². The number of hydrazine groups is 1. The van der Waals surface area contributed by atoms with Gasteiger partial charge < -0.3 is 15.0 Å². The van der Waals surface area contributed by atoms with Gasteiger partial charge in [-0.05, 0) is 6.08 Å². The van der Waals surface area contributed by atoms with Gasteiger partial charge in [0.25, 0.3) is 11.8 Å². The van der Waals surface area contributed by atoms with Crippen LogP contribution in [0.4, 0.5) is 13.2 Å².